The number of esters is 1. The van der Waals surface area contributed by atoms with E-state index in [4.69, 9.17) is 23.7 Å². The Morgan fingerprint density at radius 3 is 2.38 bits per heavy atom. The van der Waals surface area contributed by atoms with E-state index in [0.29, 0.717) is 55.8 Å². The fourth-order valence-electron chi connectivity index (χ4n) is 5.48. The Morgan fingerprint density at radius 1 is 0.956 bits per heavy atom. The van der Waals surface area contributed by atoms with E-state index in [1.54, 1.807) is 68.3 Å². The van der Waals surface area contributed by atoms with E-state index >= 15 is 0 Å². The second-order valence-corrected chi connectivity index (χ2v) is 11.4. The van der Waals surface area contributed by atoms with Gasteiger partial charge in [-0.25, -0.2) is 9.79 Å². The van der Waals surface area contributed by atoms with Gasteiger partial charge in [0, 0.05) is 13.1 Å². The van der Waals surface area contributed by atoms with Gasteiger partial charge in [0.1, 0.15) is 0 Å². The lowest BCUT2D eigenvalue weighted by atomic mass is 9.95. The molecular weight excluding hydrogens is 598 g/mol. The van der Waals surface area contributed by atoms with E-state index in [2.05, 4.69) is 4.99 Å². The van der Waals surface area contributed by atoms with E-state index in [1.165, 1.54) is 23.0 Å². The number of nitrogens with zero attached hydrogens (tertiary/aromatic N) is 3. The first-order chi connectivity index (χ1) is 21.8. The fraction of sp³-hybridized carbons (Fsp3) is 0.394. The lowest BCUT2D eigenvalue weighted by Crippen LogP contribution is -2.40. The molecule has 2 aliphatic rings. The molecule has 2 aliphatic heterocycles. The standard InChI is InChI=1S/C33H37N3O8S/c1-6-42-26-16-21(10-12-24(26)44-19-28(37)35-14-8-9-15-35)17-27-31(38)36-30(22-11-13-23(40-4)25(18-22)41-5)29(32(39)43-7-2)20(3)34-33(36)45-27/h10-13,16-18,30H,6-9,14-15,19H2,1-5H3/b27-17+/t30-/m0/s1. The molecule has 238 valence electrons. The number of methoxy groups -OCH3 is 2. The SMILES string of the molecule is CCOC(=O)C1=C(C)N=c2s/c(=C/c3ccc(OCC(=O)N4CCCC4)c(OCC)c3)c(=O)n2[C@H]1c1ccc(OC)c(OC)c1. The molecule has 0 radical (unpaired) electrons. The number of thiazole rings is 1. The second-order valence-electron chi connectivity index (χ2n) is 10.4. The number of likely N-dealkylation sites (tertiary alicyclic amines) is 1. The third-order valence-electron chi connectivity index (χ3n) is 7.62. The van der Waals surface area contributed by atoms with Crippen LogP contribution in [0.3, 0.4) is 0 Å². The Balaban J connectivity index is 1.55. The number of amides is 1. The maximum Gasteiger partial charge on any atom is 0.338 e. The maximum atomic E-state index is 14.0. The van der Waals surface area contributed by atoms with Crippen molar-refractivity contribution < 1.29 is 33.3 Å². The van der Waals surface area contributed by atoms with Gasteiger partial charge in [0.05, 0.1) is 49.3 Å². The molecule has 3 aromatic rings. The van der Waals surface area contributed by atoms with Crippen molar-refractivity contribution >= 4 is 29.3 Å². The van der Waals surface area contributed by atoms with E-state index < -0.39 is 12.0 Å². The Hall–Kier alpha value is -4.58. The maximum absolute atomic E-state index is 14.0. The molecule has 1 fully saturated rings. The predicted octanol–water partition coefficient (Wildman–Crippen LogP) is 3.22. The molecular formula is C33H37N3O8S. The van der Waals surface area contributed by atoms with Crippen LogP contribution in [0.1, 0.15) is 50.8 Å². The highest BCUT2D eigenvalue weighted by molar-refractivity contribution is 7.07. The van der Waals surface area contributed by atoms with Gasteiger partial charge in [0.15, 0.2) is 34.4 Å². The summed E-state index contributed by atoms with van der Waals surface area (Å²) in [7, 11) is 3.07. The molecule has 45 heavy (non-hydrogen) atoms. The lowest BCUT2D eigenvalue weighted by Gasteiger charge is -2.25. The molecule has 1 amide bonds. The van der Waals surface area contributed by atoms with Gasteiger partial charge in [0.2, 0.25) is 0 Å². The van der Waals surface area contributed by atoms with Gasteiger partial charge in [-0.05, 0) is 75.1 Å². The smallest absolute Gasteiger partial charge is 0.338 e. The highest BCUT2D eigenvalue weighted by Crippen LogP contribution is 2.36. The number of benzene rings is 2. The van der Waals surface area contributed by atoms with Crippen LogP contribution in [0.2, 0.25) is 0 Å². The molecule has 0 unspecified atom stereocenters. The van der Waals surface area contributed by atoms with Crippen LogP contribution in [0.4, 0.5) is 0 Å². The van der Waals surface area contributed by atoms with Gasteiger partial charge in [-0.3, -0.25) is 14.2 Å². The van der Waals surface area contributed by atoms with Crippen LogP contribution in [0, 0.1) is 0 Å². The van der Waals surface area contributed by atoms with E-state index in [1.807, 2.05) is 6.92 Å². The largest absolute Gasteiger partial charge is 0.493 e. The van der Waals surface area contributed by atoms with Crippen LogP contribution < -0.4 is 33.8 Å². The Morgan fingerprint density at radius 2 is 1.69 bits per heavy atom. The normalized spacial score (nSPS) is 16.2. The number of hydrogen-bond donors (Lipinski definition) is 0. The third-order valence-corrected chi connectivity index (χ3v) is 8.60. The Bertz CT molecular complexity index is 1800. The second kappa shape index (κ2) is 14.0. The van der Waals surface area contributed by atoms with Gasteiger partial charge < -0.3 is 28.6 Å². The van der Waals surface area contributed by atoms with Gasteiger partial charge in [0.25, 0.3) is 11.5 Å². The number of rotatable bonds is 11. The summed E-state index contributed by atoms with van der Waals surface area (Å²) in [6.07, 6.45) is 3.77. The van der Waals surface area contributed by atoms with Crippen molar-refractivity contribution in [1.82, 2.24) is 9.47 Å². The molecule has 1 saturated heterocycles. The van der Waals surface area contributed by atoms with Crippen LogP contribution in [0.25, 0.3) is 6.08 Å². The molecule has 0 spiro atoms. The van der Waals surface area contributed by atoms with Crippen LogP contribution in [-0.2, 0) is 14.3 Å². The summed E-state index contributed by atoms with van der Waals surface area (Å²) in [6.45, 7) is 7.33. The molecule has 12 heteroatoms. The molecule has 0 bridgehead atoms. The number of carbonyl (C=O) groups is 2. The summed E-state index contributed by atoms with van der Waals surface area (Å²) >= 11 is 1.22. The predicted molar refractivity (Wildman–Crippen MR) is 169 cm³/mol. The number of aromatic nitrogens is 1. The van der Waals surface area contributed by atoms with Crippen molar-refractivity contribution in [3.05, 3.63) is 78.5 Å². The van der Waals surface area contributed by atoms with Crippen molar-refractivity contribution in [3.8, 4) is 23.0 Å². The third kappa shape index (κ3) is 6.60. The first-order valence-electron chi connectivity index (χ1n) is 14.9. The minimum Gasteiger partial charge on any atom is -0.493 e. The van der Waals surface area contributed by atoms with Crippen LogP contribution in [0.15, 0.2) is 57.5 Å². The monoisotopic (exact) mass is 635 g/mol. The number of carbonyl (C=O) groups excluding carboxylic acids is 2. The van der Waals surface area contributed by atoms with Gasteiger partial charge in [-0.1, -0.05) is 23.5 Å². The molecule has 0 aliphatic carbocycles. The highest BCUT2D eigenvalue weighted by atomic mass is 32.1. The Kier molecular flexibility index (Phi) is 9.92. The number of ether oxygens (including phenoxy) is 5. The van der Waals surface area contributed by atoms with Gasteiger partial charge in [-0.15, -0.1) is 0 Å². The molecule has 1 atom stereocenters. The van der Waals surface area contributed by atoms with Gasteiger partial charge in [-0.2, -0.15) is 0 Å². The van der Waals surface area contributed by atoms with Gasteiger partial charge >= 0.3 is 5.97 Å². The van der Waals surface area contributed by atoms with Crippen molar-refractivity contribution in [2.45, 2.75) is 39.7 Å². The summed E-state index contributed by atoms with van der Waals surface area (Å²) in [5.41, 5.74) is 1.76. The molecule has 2 aromatic carbocycles. The zero-order valence-electron chi connectivity index (χ0n) is 26.1. The molecule has 0 saturated carbocycles. The minimum absolute atomic E-state index is 0.0540. The van der Waals surface area contributed by atoms with Crippen molar-refractivity contribution in [1.29, 1.82) is 0 Å². The minimum atomic E-state index is -0.801. The first-order valence-corrected chi connectivity index (χ1v) is 15.7. The molecule has 0 N–H and O–H groups in total. The first kappa shape index (κ1) is 31.8. The van der Waals surface area contributed by atoms with Crippen LogP contribution in [-0.4, -0.2) is 68.5 Å². The summed E-state index contributed by atoms with van der Waals surface area (Å²) in [5, 5.41) is 0. The van der Waals surface area contributed by atoms with E-state index in [9.17, 15) is 14.4 Å². The van der Waals surface area contributed by atoms with Crippen molar-refractivity contribution in [3.63, 3.8) is 0 Å². The molecule has 3 heterocycles. The summed E-state index contributed by atoms with van der Waals surface area (Å²) in [6, 6.07) is 9.80. The fourth-order valence-corrected chi connectivity index (χ4v) is 6.53. The highest BCUT2D eigenvalue weighted by Gasteiger charge is 2.34. The van der Waals surface area contributed by atoms with E-state index in [-0.39, 0.29) is 30.3 Å². The molecule has 5 rings (SSSR count). The topological polar surface area (TPSA) is 118 Å². The average molecular weight is 636 g/mol. The summed E-state index contributed by atoms with van der Waals surface area (Å²) < 4.78 is 29.9. The van der Waals surface area contributed by atoms with E-state index in [0.717, 1.165) is 25.9 Å². The number of fused-ring (bicyclic) bond motifs is 1. The molecule has 11 nitrogen and oxygen atoms in total. The van der Waals surface area contributed by atoms with Crippen LogP contribution in [0.5, 0.6) is 23.0 Å². The average Bonchev–Trinajstić information content (AvgIpc) is 3.68. The molecule has 1 aromatic heterocycles. The van der Waals surface area contributed by atoms with Crippen LogP contribution >= 0.6 is 11.3 Å². The zero-order chi connectivity index (χ0) is 32.1. The van der Waals surface area contributed by atoms with Crippen molar-refractivity contribution in [2.24, 2.45) is 4.99 Å². The van der Waals surface area contributed by atoms with Crippen molar-refractivity contribution in [2.75, 3.05) is 47.1 Å². The number of allylic oxidation sites excluding steroid dienone is 1. The zero-order valence-corrected chi connectivity index (χ0v) is 26.9. The number of hydrogen-bond acceptors (Lipinski definition) is 10. The summed E-state index contributed by atoms with van der Waals surface area (Å²) in [4.78, 5) is 46.7. The Labute approximate surface area is 265 Å². The quantitative estimate of drug-likeness (QED) is 0.295. The summed E-state index contributed by atoms with van der Waals surface area (Å²) in [5.74, 6) is 1.30. The lowest BCUT2D eigenvalue weighted by molar-refractivity contribution is -0.139.